The van der Waals surface area contributed by atoms with Crippen molar-refractivity contribution in [2.45, 2.75) is 24.2 Å². The van der Waals surface area contributed by atoms with E-state index >= 15 is 0 Å². The van der Waals surface area contributed by atoms with Crippen LogP contribution in [0.3, 0.4) is 0 Å². The molecular formula is C10H12O2S. The van der Waals surface area contributed by atoms with Crippen molar-refractivity contribution >= 4 is 9.84 Å². The van der Waals surface area contributed by atoms with E-state index in [9.17, 15) is 8.42 Å². The fourth-order valence-electron chi connectivity index (χ4n) is 1.77. The highest BCUT2D eigenvalue weighted by molar-refractivity contribution is 7.91. The van der Waals surface area contributed by atoms with Crippen molar-refractivity contribution in [3.8, 4) is 0 Å². The summed E-state index contributed by atoms with van der Waals surface area (Å²) in [4.78, 5) is 0.536. The SMILES string of the molecule is C[C@H]1CCS(=O)(=O)c2ccccc21. The summed E-state index contributed by atoms with van der Waals surface area (Å²) >= 11 is 0. The monoisotopic (exact) mass is 196 g/mol. The number of hydrogen-bond acceptors (Lipinski definition) is 2. The molecule has 0 saturated carbocycles. The van der Waals surface area contributed by atoms with Crippen molar-refractivity contribution in [3.63, 3.8) is 0 Å². The van der Waals surface area contributed by atoms with Gasteiger partial charge in [-0.1, -0.05) is 25.1 Å². The third kappa shape index (κ3) is 1.37. The normalized spacial score (nSPS) is 25.2. The molecule has 0 saturated heterocycles. The van der Waals surface area contributed by atoms with Crippen molar-refractivity contribution in [2.75, 3.05) is 5.75 Å². The first kappa shape index (κ1) is 8.75. The molecule has 1 atom stereocenters. The van der Waals surface area contributed by atoms with Crippen LogP contribution in [-0.4, -0.2) is 14.2 Å². The van der Waals surface area contributed by atoms with E-state index in [0.717, 1.165) is 12.0 Å². The van der Waals surface area contributed by atoms with E-state index in [0.29, 0.717) is 16.6 Å². The van der Waals surface area contributed by atoms with Gasteiger partial charge in [0.2, 0.25) is 0 Å². The van der Waals surface area contributed by atoms with Gasteiger partial charge in [-0.2, -0.15) is 0 Å². The molecule has 0 aromatic heterocycles. The zero-order valence-corrected chi connectivity index (χ0v) is 8.34. The lowest BCUT2D eigenvalue weighted by atomic mass is 9.98. The molecule has 2 rings (SSSR count). The second-order valence-electron chi connectivity index (χ2n) is 3.55. The summed E-state index contributed by atoms with van der Waals surface area (Å²) in [5.74, 6) is 0.672. The van der Waals surface area contributed by atoms with Crippen molar-refractivity contribution in [1.29, 1.82) is 0 Å². The van der Waals surface area contributed by atoms with Gasteiger partial charge in [0.15, 0.2) is 9.84 Å². The van der Waals surface area contributed by atoms with Gasteiger partial charge in [0.25, 0.3) is 0 Å². The summed E-state index contributed by atoms with van der Waals surface area (Å²) in [5.41, 5.74) is 0.980. The molecule has 0 aliphatic carbocycles. The van der Waals surface area contributed by atoms with Crippen LogP contribution in [-0.2, 0) is 9.84 Å². The first-order valence-electron chi connectivity index (χ1n) is 4.43. The Bertz CT molecular complexity index is 420. The Kier molecular flexibility index (Phi) is 1.91. The zero-order chi connectivity index (χ0) is 9.47. The Hall–Kier alpha value is -0.830. The minimum atomic E-state index is -2.97. The number of fused-ring (bicyclic) bond motifs is 1. The highest BCUT2D eigenvalue weighted by atomic mass is 32.2. The lowest BCUT2D eigenvalue weighted by Gasteiger charge is -2.21. The lowest BCUT2D eigenvalue weighted by molar-refractivity contribution is 0.574. The van der Waals surface area contributed by atoms with Crippen LogP contribution in [0.15, 0.2) is 29.2 Å². The maximum absolute atomic E-state index is 11.6. The second-order valence-corrected chi connectivity index (χ2v) is 5.62. The van der Waals surface area contributed by atoms with Crippen molar-refractivity contribution in [2.24, 2.45) is 0 Å². The van der Waals surface area contributed by atoms with E-state index in [1.54, 1.807) is 12.1 Å². The molecule has 0 radical (unpaired) electrons. The molecular weight excluding hydrogens is 184 g/mol. The first-order valence-corrected chi connectivity index (χ1v) is 6.08. The molecule has 0 spiro atoms. The lowest BCUT2D eigenvalue weighted by Crippen LogP contribution is -2.18. The highest BCUT2D eigenvalue weighted by Gasteiger charge is 2.26. The van der Waals surface area contributed by atoms with Gasteiger partial charge in [0.1, 0.15) is 0 Å². The highest BCUT2D eigenvalue weighted by Crippen LogP contribution is 2.32. The number of sulfone groups is 1. The average Bonchev–Trinajstić information content (AvgIpc) is 2.13. The fourth-order valence-corrected chi connectivity index (χ4v) is 3.57. The molecule has 2 nitrogen and oxygen atoms in total. The van der Waals surface area contributed by atoms with Gasteiger partial charge >= 0.3 is 0 Å². The first-order chi connectivity index (χ1) is 6.11. The van der Waals surface area contributed by atoms with E-state index in [2.05, 4.69) is 6.92 Å². The van der Waals surface area contributed by atoms with Crippen molar-refractivity contribution < 1.29 is 8.42 Å². The fraction of sp³-hybridized carbons (Fsp3) is 0.400. The molecule has 0 fully saturated rings. The standard InChI is InChI=1S/C10H12O2S/c1-8-6-7-13(11,12)10-5-3-2-4-9(8)10/h2-5,8H,6-7H2,1H3/t8-/m0/s1. The minimum absolute atomic E-state index is 0.297. The van der Waals surface area contributed by atoms with Gasteiger partial charge in [-0.15, -0.1) is 0 Å². The molecule has 1 aromatic rings. The van der Waals surface area contributed by atoms with Crippen molar-refractivity contribution in [3.05, 3.63) is 29.8 Å². The van der Waals surface area contributed by atoms with Crippen LogP contribution in [0.5, 0.6) is 0 Å². The molecule has 0 unspecified atom stereocenters. The Labute approximate surface area is 78.5 Å². The Morgan fingerprint density at radius 2 is 2.00 bits per heavy atom. The number of hydrogen-bond donors (Lipinski definition) is 0. The number of benzene rings is 1. The van der Waals surface area contributed by atoms with Gasteiger partial charge in [0.05, 0.1) is 10.6 Å². The van der Waals surface area contributed by atoms with E-state index in [-0.39, 0.29) is 0 Å². The summed E-state index contributed by atoms with van der Waals surface area (Å²) < 4.78 is 23.2. The quantitative estimate of drug-likeness (QED) is 0.635. The van der Waals surface area contributed by atoms with Crippen LogP contribution in [0.25, 0.3) is 0 Å². The molecule has 0 bridgehead atoms. The molecule has 1 aliphatic rings. The molecule has 1 aliphatic heterocycles. The topological polar surface area (TPSA) is 34.1 Å². The van der Waals surface area contributed by atoms with Gasteiger partial charge in [0, 0.05) is 0 Å². The van der Waals surface area contributed by atoms with Crippen LogP contribution < -0.4 is 0 Å². The van der Waals surface area contributed by atoms with E-state index in [1.807, 2.05) is 12.1 Å². The van der Waals surface area contributed by atoms with E-state index < -0.39 is 9.84 Å². The minimum Gasteiger partial charge on any atom is -0.224 e. The Morgan fingerprint density at radius 3 is 2.69 bits per heavy atom. The van der Waals surface area contributed by atoms with Gasteiger partial charge < -0.3 is 0 Å². The zero-order valence-electron chi connectivity index (χ0n) is 7.53. The molecule has 0 N–H and O–H groups in total. The third-order valence-electron chi connectivity index (χ3n) is 2.60. The second kappa shape index (κ2) is 2.84. The predicted molar refractivity (Wildman–Crippen MR) is 51.5 cm³/mol. The van der Waals surface area contributed by atoms with E-state index in [1.165, 1.54) is 0 Å². The summed E-state index contributed by atoms with van der Waals surface area (Å²) in [6, 6.07) is 7.31. The van der Waals surface area contributed by atoms with Gasteiger partial charge in [-0.05, 0) is 24.0 Å². The Balaban J connectivity index is 2.68. The average molecular weight is 196 g/mol. The smallest absolute Gasteiger partial charge is 0.178 e. The van der Waals surface area contributed by atoms with Gasteiger partial charge in [-0.25, -0.2) is 8.42 Å². The summed E-state index contributed by atoms with van der Waals surface area (Å²) in [7, 11) is -2.97. The van der Waals surface area contributed by atoms with Crippen LogP contribution in [0.4, 0.5) is 0 Å². The van der Waals surface area contributed by atoms with Crippen LogP contribution >= 0.6 is 0 Å². The van der Waals surface area contributed by atoms with Crippen LogP contribution in [0.1, 0.15) is 24.8 Å². The van der Waals surface area contributed by atoms with E-state index in [4.69, 9.17) is 0 Å². The third-order valence-corrected chi connectivity index (χ3v) is 4.42. The molecule has 70 valence electrons. The molecule has 1 heterocycles. The summed E-state index contributed by atoms with van der Waals surface area (Å²) in [6.45, 7) is 2.08. The van der Waals surface area contributed by atoms with Gasteiger partial charge in [-0.3, -0.25) is 0 Å². The maximum Gasteiger partial charge on any atom is 0.178 e. The van der Waals surface area contributed by atoms with Crippen molar-refractivity contribution in [1.82, 2.24) is 0 Å². The summed E-state index contributed by atoms with van der Waals surface area (Å²) in [6.07, 6.45) is 0.749. The predicted octanol–water partition coefficient (Wildman–Crippen LogP) is 1.97. The molecule has 0 amide bonds. The molecule has 1 aromatic carbocycles. The maximum atomic E-state index is 11.6. The van der Waals surface area contributed by atoms with Crippen LogP contribution in [0.2, 0.25) is 0 Å². The molecule has 13 heavy (non-hydrogen) atoms. The Morgan fingerprint density at radius 1 is 1.31 bits per heavy atom. The van der Waals surface area contributed by atoms with Crippen LogP contribution in [0, 0.1) is 0 Å². The number of rotatable bonds is 0. The summed E-state index contributed by atoms with van der Waals surface area (Å²) in [5, 5.41) is 0. The largest absolute Gasteiger partial charge is 0.224 e. The molecule has 3 heteroatoms.